The molecule has 1 aromatic rings. The lowest BCUT2D eigenvalue weighted by Crippen LogP contribution is -2.40. The Labute approximate surface area is 92.7 Å². The summed E-state index contributed by atoms with van der Waals surface area (Å²) in [5.41, 5.74) is 3.00. The van der Waals surface area contributed by atoms with Gasteiger partial charge in [-0.25, -0.2) is 0 Å². The van der Waals surface area contributed by atoms with Crippen LogP contribution in [-0.2, 0) is 6.42 Å². The molecule has 1 aromatic heterocycles. The van der Waals surface area contributed by atoms with Gasteiger partial charge >= 0.3 is 0 Å². The van der Waals surface area contributed by atoms with E-state index in [1.807, 2.05) is 0 Å². The molecule has 2 heteroatoms. The summed E-state index contributed by atoms with van der Waals surface area (Å²) in [6.07, 6.45) is 7.07. The monoisotopic (exact) mass is 206 g/mol. The molecule has 0 aromatic carbocycles. The van der Waals surface area contributed by atoms with Gasteiger partial charge in [-0.2, -0.15) is 0 Å². The molecule has 2 heterocycles. The number of fused-ring (bicyclic) bond motifs is 1. The zero-order valence-electron chi connectivity index (χ0n) is 10.1. The number of aromatic nitrogens is 1. The van der Waals surface area contributed by atoms with Gasteiger partial charge in [-0.1, -0.05) is 20.3 Å². The van der Waals surface area contributed by atoms with Gasteiger partial charge in [-0.3, -0.25) is 4.90 Å². The van der Waals surface area contributed by atoms with Crippen LogP contribution in [0.4, 0.5) is 0 Å². The van der Waals surface area contributed by atoms with Gasteiger partial charge in [-0.15, -0.1) is 0 Å². The largest absolute Gasteiger partial charge is 0.365 e. The molecular weight excluding hydrogens is 184 g/mol. The van der Waals surface area contributed by atoms with Gasteiger partial charge in [0.2, 0.25) is 0 Å². The predicted molar refractivity (Wildman–Crippen MR) is 64.0 cm³/mol. The third-order valence-corrected chi connectivity index (χ3v) is 3.77. The molecule has 2 nitrogen and oxygen atoms in total. The molecule has 0 bridgehead atoms. The van der Waals surface area contributed by atoms with Crippen LogP contribution in [0.15, 0.2) is 12.3 Å². The molecule has 0 amide bonds. The van der Waals surface area contributed by atoms with Crippen LogP contribution in [-0.4, -0.2) is 23.0 Å². The van der Waals surface area contributed by atoms with Crippen molar-refractivity contribution in [2.75, 3.05) is 7.05 Å². The second-order valence-electron chi connectivity index (χ2n) is 4.65. The maximum atomic E-state index is 3.40. The van der Waals surface area contributed by atoms with Crippen LogP contribution in [0.5, 0.6) is 0 Å². The lowest BCUT2D eigenvalue weighted by atomic mass is 9.90. The van der Waals surface area contributed by atoms with Crippen LogP contribution in [0.2, 0.25) is 0 Å². The zero-order valence-corrected chi connectivity index (χ0v) is 10.1. The Kier molecular flexibility index (Phi) is 3.15. The van der Waals surface area contributed by atoms with Gasteiger partial charge in [-0.05, 0) is 31.5 Å². The van der Waals surface area contributed by atoms with E-state index in [-0.39, 0.29) is 0 Å². The number of aromatic amines is 1. The van der Waals surface area contributed by atoms with Crippen LogP contribution in [0.3, 0.4) is 0 Å². The summed E-state index contributed by atoms with van der Waals surface area (Å²) in [5, 5.41) is 0. The van der Waals surface area contributed by atoms with E-state index in [2.05, 4.69) is 43.0 Å². The molecule has 0 saturated carbocycles. The molecule has 1 N–H and O–H groups in total. The van der Waals surface area contributed by atoms with Crippen LogP contribution in [0.25, 0.3) is 0 Å². The molecule has 0 saturated heterocycles. The highest BCUT2D eigenvalue weighted by molar-refractivity contribution is 5.28. The number of hydrogen-bond acceptors (Lipinski definition) is 1. The molecule has 2 rings (SSSR count). The summed E-state index contributed by atoms with van der Waals surface area (Å²) < 4.78 is 0. The van der Waals surface area contributed by atoms with Crippen molar-refractivity contribution in [3.63, 3.8) is 0 Å². The summed E-state index contributed by atoms with van der Waals surface area (Å²) >= 11 is 0. The first-order valence-electron chi connectivity index (χ1n) is 6.16. The molecule has 1 aliphatic heterocycles. The van der Waals surface area contributed by atoms with E-state index in [1.54, 1.807) is 0 Å². The molecule has 1 aliphatic rings. The summed E-state index contributed by atoms with van der Waals surface area (Å²) in [4.78, 5) is 5.97. The summed E-state index contributed by atoms with van der Waals surface area (Å²) in [7, 11) is 2.28. The van der Waals surface area contributed by atoms with Gasteiger partial charge in [0.15, 0.2) is 0 Å². The lowest BCUT2D eigenvalue weighted by Gasteiger charge is -2.39. The topological polar surface area (TPSA) is 19.0 Å². The van der Waals surface area contributed by atoms with E-state index in [0.29, 0.717) is 12.1 Å². The van der Waals surface area contributed by atoms with Gasteiger partial charge in [0.05, 0.1) is 0 Å². The maximum absolute atomic E-state index is 3.40. The van der Waals surface area contributed by atoms with Crippen molar-refractivity contribution in [1.29, 1.82) is 0 Å². The first kappa shape index (κ1) is 10.7. The summed E-state index contributed by atoms with van der Waals surface area (Å²) in [5.74, 6) is 0. The van der Waals surface area contributed by atoms with E-state index in [0.717, 1.165) is 0 Å². The van der Waals surface area contributed by atoms with Crippen molar-refractivity contribution >= 4 is 0 Å². The summed E-state index contributed by atoms with van der Waals surface area (Å²) in [6, 6.07) is 3.61. The number of rotatable bonds is 3. The molecular formula is C13H22N2. The molecule has 15 heavy (non-hydrogen) atoms. The summed E-state index contributed by atoms with van der Waals surface area (Å²) in [6.45, 7) is 4.56. The fourth-order valence-electron chi connectivity index (χ4n) is 2.82. The van der Waals surface area contributed by atoms with Crippen LogP contribution in [0, 0.1) is 0 Å². The van der Waals surface area contributed by atoms with E-state index >= 15 is 0 Å². The van der Waals surface area contributed by atoms with Crippen molar-refractivity contribution in [2.45, 2.75) is 51.6 Å². The molecule has 2 unspecified atom stereocenters. The minimum atomic E-state index is 0.634. The highest BCUT2D eigenvalue weighted by Gasteiger charge is 2.30. The van der Waals surface area contributed by atoms with Crippen LogP contribution >= 0.6 is 0 Å². The number of hydrogen-bond donors (Lipinski definition) is 1. The van der Waals surface area contributed by atoms with Crippen molar-refractivity contribution in [3.05, 3.63) is 23.5 Å². The van der Waals surface area contributed by atoms with E-state index < -0.39 is 0 Å². The molecule has 0 fully saturated rings. The second kappa shape index (κ2) is 4.40. The number of H-pyrrole nitrogens is 1. The van der Waals surface area contributed by atoms with Crippen molar-refractivity contribution in [2.24, 2.45) is 0 Å². The fourth-order valence-corrected chi connectivity index (χ4v) is 2.82. The third-order valence-electron chi connectivity index (χ3n) is 3.77. The average molecular weight is 206 g/mol. The zero-order chi connectivity index (χ0) is 10.8. The molecule has 84 valence electrons. The van der Waals surface area contributed by atoms with Crippen molar-refractivity contribution in [1.82, 2.24) is 9.88 Å². The first-order chi connectivity index (χ1) is 7.27. The number of likely N-dealkylation sites (N-methyl/N-ethyl adjacent to an activating group) is 1. The Hall–Kier alpha value is -0.760. The minimum Gasteiger partial charge on any atom is -0.365 e. The van der Waals surface area contributed by atoms with Crippen LogP contribution in [0.1, 0.15) is 50.4 Å². The minimum absolute atomic E-state index is 0.634. The Morgan fingerprint density at radius 3 is 2.93 bits per heavy atom. The Morgan fingerprint density at radius 2 is 2.27 bits per heavy atom. The Bertz CT molecular complexity index is 316. The lowest BCUT2D eigenvalue weighted by molar-refractivity contribution is 0.141. The maximum Gasteiger partial charge on any atom is 0.0365 e. The van der Waals surface area contributed by atoms with Gasteiger partial charge in [0, 0.05) is 30.4 Å². The molecule has 2 atom stereocenters. The van der Waals surface area contributed by atoms with Crippen LogP contribution < -0.4 is 0 Å². The Balaban J connectivity index is 2.28. The fraction of sp³-hybridized carbons (Fsp3) is 0.692. The molecule has 0 aliphatic carbocycles. The van der Waals surface area contributed by atoms with E-state index in [9.17, 15) is 0 Å². The standard InChI is InChI=1S/C13H22N2/c1-4-6-13-11-7-8-14-12(11)9-10(5-2)15(13)3/h7-8,10,13-14H,4-6,9H2,1-3H3. The number of nitrogens with one attached hydrogen (secondary N) is 1. The normalized spacial score (nSPS) is 26.6. The third kappa shape index (κ3) is 1.83. The van der Waals surface area contributed by atoms with E-state index in [4.69, 9.17) is 0 Å². The van der Waals surface area contributed by atoms with Gasteiger partial charge in [0.1, 0.15) is 0 Å². The van der Waals surface area contributed by atoms with E-state index in [1.165, 1.54) is 36.9 Å². The second-order valence-corrected chi connectivity index (χ2v) is 4.65. The van der Waals surface area contributed by atoms with Crippen molar-refractivity contribution in [3.8, 4) is 0 Å². The first-order valence-corrected chi connectivity index (χ1v) is 6.16. The molecule has 0 radical (unpaired) electrons. The van der Waals surface area contributed by atoms with Gasteiger partial charge in [0.25, 0.3) is 0 Å². The van der Waals surface area contributed by atoms with Gasteiger partial charge < -0.3 is 4.98 Å². The number of nitrogens with zero attached hydrogens (tertiary/aromatic N) is 1. The molecule has 0 spiro atoms. The predicted octanol–water partition coefficient (Wildman–Crippen LogP) is 3.12. The highest BCUT2D eigenvalue weighted by Crippen LogP contribution is 2.35. The average Bonchev–Trinajstić information content (AvgIpc) is 2.69. The smallest absolute Gasteiger partial charge is 0.0365 e. The SMILES string of the molecule is CCCC1c2cc[nH]c2CC(CC)N1C. The highest BCUT2D eigenvalue weighted by atomic mass is 15.2. The van der Waals surface area contributed by atoms with Crippen molar-refractivity contribution < 1.29 is 0 Å². The Morgan fingerprint density at radius 1 is 1.47 bits per heavy atom. The quantitative estimate of drug-likeness (QED) is 0.805.